The van der Waals surface area contributed by atoms with Crippen molar-refractivity contribution >= 4 is 22.1 Å². The van der Waals surface area contributed by atoms with Gasteiger partial charge >= 0.3 is 0 Å². The van der Waals surface area contributed by atoms with E-state index in [-0.39, 0.29) is 6.79 Å². The van der Waals surface area contributed by atoms with Crippen LogP contribution in [0.2, 0.25) is 0 Å². The molecule has 0 saturated heterocycles. The predicted octanol–water partition coefficient (Wildman–Crippen LogP) is 3.16. The van der Waals surface area contributed by atoms with Crippen LogP contribution in [0.1, 0.15) is 6.92 Å². The summed E-state index contributed by atoms with van der Waals surface area (Å²) in [5.41, 5.74) is 3.48. The van der Waals surface area contributed by atoms with Gasteiger partial charge in [-0.05, 0) is 31.2 Å². The van der Waals surface area contributed by atoms with Gasteiger partial charge in [-0.2, -0.15) is 0 Å². The average molecular weight is 254 g/mol. The summed E-state index contributed by atoms with van der Waals surface area (Å²) >= 11 is 0. The van der Waals surface area contributed by atoms with Gasteiger partial charge < -0.3 is 9.47 Å². The van der Waals surface area contributed by atoms with Crippen LogP contribution in [0.5, 0.6) is 5.75 Å². The van der Waals surface area contributed by atoms with Crippen LogP contribution in [0.15, 0.2) is 42.5 Å². The number of benzene rings is 2. The molecule has 0 fully saturated rings. The summed E-state index contributed by atoms with van der Waals surface area (Å²) in [5.74, 6) is 0.741. The molecule has 0 bridgehead atoms. The van der Waals surface area contributed by atoms with E-state index in [4.69, 9.17) is 9.47 Å². The summed E-state index contributed by atoms with van der Waals surface area (Å²) in [5, 5.41) is 0. The van der Waals surface area contributed by atoms with Gasteiger partial charge in [0.1, 0.15) is 5.75 Å². The molecule has 3 aromatic rings. The van der Waals surface area contributed by atoms with E-state index in [0.29, 0.717) is 6.61 Å². The molecule has 0 amide bonds. The van der Waals surface area contributed by atoms with Crippen molar-refractivity contribution < 1.29 is 9.47 Å². The minimum Gasteiger partial charge on any atom is -0.467 e. The number of nitrogens with zero attached hydrogens (tertiary/aromatic N) is 2. The van der Waals surface area contributed by atoms with Gasteiger partial charge in [-0.3, -0.25) is 0 Å². The molecule has 4 nitrogen and oxygen atoms in total. The van der Waals surface area contributed by atoms with Crippen molar-refractivity contribution in [1.82, 2.24) is 9.97 Å². The van der Waals surface area contributed by atoms with Gasteiger partial charge in [-0.1, -0.05) is 12.1 Å². The van der Waals surface area contributed by atoms with Crippen LogP contribution >= 0.6 is 0 Å². The maximum atomic E-state index is 5.48. The summed E-state index contributed by atoms with van der Waals surface area (Å²) in [7, 11) is 0. The Morgan fingerprint density at radius 1 is 0.895 bits per heavy atom. The maximum Gasteiger partial charge on any atom is 0.189 e. The van der Waals surface area contributed by atoms with Crippen LogP contribution in [0, 0.1) is 0 Å². The molecular formula is C15H14N2O2. The minimum absolute atomic E-state index is 0.253. The van der Waals surface area contributed by atoms with Crippen molar-refractivity contribution in [3.63, 3.8) is 0 Å². The molecule has 0 aliphatic heterocycles. The molecule has 96 valence electrons. The second-order valence-corrected chi connectivity index (χ2v) is 4.12. The molecule has 1 aromatic heterocycles. The Labute approximate surface area is 111 Å². The van der Waals surface area contributed by atoms with Crippen molar-refractivity contribution in [2.75, 3.05) is 13.4 Å². The number of rotatable bonds is 4. The van der Waals surface area contributed by atoms with E-state index in [1.165, 1.54) is 0 Å². The maximum absolute atomic E-state index is 5.48. The molecule has 0 saturated carbocycles. The van der Waals surface area contributed by atoms with Gasteiger partial charge in [0.05, 0.1) is 22.1 Å². The Morgan fingerprint density at radius 2 is 1.58 bits per heavy atom. The highest BCUT2D eigenvalue weighted by atomic mass is 16.7. The minimum atomic E-state index is 0.253. The third kappa shape index (κ3) is 2.48. The molecule has 19 heavy (non-hydrogen) atoms. The van der Waals surface area contributed by atoms with Crippen LogP contribution in [-0.4, -0.2) is 23.4 Å². The Kier molecular flexibility index (Phi) is 3.25. The zero-order valence-electron chi connectivity index (χ0n) is 10.7. The second-order valence-electron chi connectivity index (χ2n) is 4.12. The molecule has 0 atom stereocenters. The van der Waals surface area contributed by atoms with Crippen molar-refractivity contribution in [3.8, 4) is 5.75 Å². The van der Waals surface area contributed by atoms with Crippen molar-refractivity contribution in [1.29, 1.82) is 0 Å². The molecule has 0 spiro atoms. The van der Waals surface area contributed by atoms with Gasteiger partial charge in [-0.15, -0.1) is 0 Å². The number of hydrogen-bond acceptors (Lipinski definition) is 4. The lowest BCUT2D eigenvalue weighted by Gasteiger charge is -2.07. The molecule has 4 heteroatoms. The first-order valence-electron chi connectivity index (χ1n) is 6.24. The summed E-state index contributed by atoms with van der Waals surface area (Å²) in [6.45, 7) is 2.82. The topological polar surface area (TPSA) is 44.2 Å². The van der Waals surface area contributed by atoms with E-state index in [2.05, 4.69) is 9.97 Å². The second kappa shape index (κ2) is 5.20. The van der Waals surface area contributed by atoms with Crippen LogP contribution in [0.25, 0.3) is 22.1 Å². The smallest absolute Gasteiger partial charge is 0.189 e. The lowest BCUT2D eigenvalue weighted by atomic mass is 10.2. The van der Waals surface area contributed by atoms with Gasteiger partial charge in [0.2, 0.25) is 0 Å². The van der Waals surface area contributed by atoms with Gasteiger partial charge in [0.25, 0.3) is 0 Å². The molecule has 3 rings (SSSR count). The summed E-state index contributed by atoms with van der Waals surface area (Å²) < 4.78 is 10.6. The number of hydrogen-bond donors (Lipinski definition) is 0. The third-order valence-electron chi connectivity index (χ3n) is 2.82. The Morgan fingerprint density at radius 3 is 2.32 bits per heavy atom. The molecule has 0 radical (unpaired) electrons. The molecule has 0 N–H and O–H groups in total. The summed E-state index contributed by atoms with van der Waals surface area (Å²) in [6.07, 6.45) is 0. The fourth-order valence-electron chi connectivity index (χ4n) is 1.88. The fourth-order valence-corrected chi connectivity index (χ4v) is 1.88. The van der Waals surface area contributed by atoms with E-state index in [1.54, 1.807) is 0 Å². The van der Waals surface area contributed by atoms with Gasteiger partial charge in [0.15, 0.2) is 6.79 Å². The molecule has 0 unspecified atom stereocenters. The van der Waals surface area contributed by atoms with E-state index >= 15 is 0 Å². The van der Waals surface area contributed by atoms with Crippen LogP contribution in [0.3, 0.4) is 0 Å². The summed E-state index contributed by atoms with van der Waals surface area (Å²) in [4.78, 5) is 9.15. The third-order valence-corrected chi connectivity index (χ3v) is 2.82. The first-order valence-corrected chi connectivity index (χ1v) is 6.24. The van der Waals surface area contributed by atoms with Gasteiger partial charge in [-0.25, -0.2) is 9.97 Å². The monoisotopic (exact) mass is 254 g/mol. The van der Waals surface area contributed by atoms with E-state index in [9.17, 15) is 0 Å². The first-order chi connectivity index (χ1) is 9.36. The zero-order valence-corrected chi connectivity index (χ0v) is 10.7. The van der Waals surface area contributed by atoms with Gasteiger partial charge in [0, 0.05) is 12.7 Å². The number of para-hydroxylation sites is 2. The highest BCUT2D eigenvalue weighted by molar-refractivity contribution is 5.86. The Hall–Kier alpha value is -2.20. The average Bonchev–Trinajstić information content (AvgIpc) is 2.45. The largest absolute Gasteiger partial charge is 0.467 e. The quantitative estimate of drug-likeness (QED) is 0.407. The van der Waals surface area contributed by atoms with E-state index in [1.807, 2.05) is 49.4 Å². The van der Waals surface area contributed by atoms with Crippen molar-refractivity contribution in [2.45, 2.75) is 6.92 Å². The van der Waals surface area contributed by atoms with Crippen LogP contribution in [0.4, 0.5) is 0 Å². The van der Waals surface area contributed by atoms with Crippen LogP contribution in [-0.2, 0) is 4.74 Å². The molecular weight excluding hydrogens is 240 g/mol. The standard InChI is InChI=1S/C15H14N2O2/c1-2-18-10-19-11-7-8-14-15(9-11)17-13-6-4-3-5-12(13)16-14/h3-9H,2,10H2,1H3. The Bertz CT molecular complexity index is 713. The first kappa shape index (κ1) is 11.9. The lowest BCUT2D eigenvalue weighted by molar-refractivity contribution is 0.0225. The highest BCUT2D eigenvalue weighted by Crippen LogP contribution is 2.20. The van der Waals surface area contributed by atoms with Crippen molar-refractivity contribution in [3.05, 3.63) is 42.5 Å². The number of fused-ring (bicyclic) bond motifs is 2. The van der Waals surface area contributed by atoms with Crippen molar-refractivity contribution in [2.24, 2.45) is 0 Å². The molecule has 0 aliphatic rings. The number of aromatic nitrogens is 2. The zero-order chi connectivity index (χ0) is 13.1. The Balaban J connectivity index is 1.99. The van der Waals surface area contributed by atoms with E-state index in [0.717, 1.165) is 27.8 Å². The molecule has 0 aliphatic carbocycles. The predicted molar refractivity (Wildman–Crippen MR) is 74.2 cm³/mol. The molecule has 1 heterocycles. The fraction of sp³-hybridized carbons (Fsp3) is 0.200. The summed E-state index contributed by atoms with van der Waals surface area (Å²) in [6, 6.07) is 13.5. The number of ether oxygens (including phenoxy) is 2. The van der Waals surface area contributed by atoms with Crippen LogP contribution < -0.4 is 4.74 Å². The normalized spacial score (nSPS) is 11.0. The highest BCUT2D eigenvalue weighted by Gasteiger charge is 2.02. The van der Waals surface area contributed by atoms with E-state index < -0.39 is 0 Å². The SMILES string of the molecule is CCOCOc1ccc2nc3ccccc3nc2c1. The molecule has 2 aromatic carbocycles. The lowest BCUT2D eigenvalue weighted by Crippen LogP contribution is -2.02.